The van der Waals surface area contributed by atoms with Gasteiger partial charge < -0.3 is 10.4 Å². The highest BCUT2D eigenvalue weighted by molar-refractivity contribution is 5.92. The van der Waals surface area contributed by atoms with Gasteiger partial charge >= 0.3 is 0 Å². The number of carbonyl (C=O) groups is 1. The van der Waals surface area contributed by atoms with E-state index in [1.807, 2.05) is 13.8 Å². The van der Waals surface area contributed by atoms with Crippen molar-refractivity contribution in [2.24, 2.45) is 0 Å². The van der Waals surface area contributed by atoms with Crippen LogP contribution in [0.1, 0.15) is 22.5 Å². The molecule has 1 heterocycles. The molecule has 100 valence electrons. The van der Waals surface area contributed by atoms with Crippen LogP contribution in [-0.4, -0.2) is 21.2 Å². The summed E-state index contributed by atoms with van der Waals surface area (Å²) in [6.45, 7) is 3.78. The van der Waals surface area contributed by atoms with Crippen LogP contribution in [0.15, 0.2) is 24.3 Å². The molecule has 5 nitrogen and oxygen atoms in total. The molecule has 2 aromatic rings. The number of aromatic nitrogens is 2. The van der Waals surface area contributed by atoms with Gasteiger partial charge in [-0.25, -0.2) is 0 Å². The Hall–Kier alpha value is -2.14. The largest absolute Gasteiger partial charge is 0.392 e. The zero-order valence-corrected chi connectivity index (χ0v) is 11.0. The first-order valence-corrected chi connectivity index (χ1v) is 6.10. The van der Waals surface area contributed by atoms with Crippen LogP contribution in [0.2, 0.25) is 0 Å². The lowest BCUT2D eigenvalue weighted by Gasteiger charge is -2.06. The van der Waals surface area contributed by atoms with Gasteiger partial charge in [0.05, 0.1) is 18.7 Å². The number of hydrogen-bond acceptors (Lipinski definition) is 3. The van der Waals surface area contributed by atoms with Crippen LogP contribution in [0.25, 0.3) is 0 Å². The Morgan fingerprint density at radius 3 is 2.53 bits per heavy atom. The van der Waals surface area contributed by atoms with Crippen molar-refractivity contribution in [3.63, 3.8) is 0 Å². The van der Waals surface area contributed by atoms with Crippen LogP contribution < -0.4 is 5.32 Å². The van der Waals surface area contributed by atoms with Crippen molar-refractivity contribution in [3.8, 4) is 0 Å². The fourth-order valence-corrected chi connectivity index (χ4v) is 1.89. The van der Waals surface area contributed by atoms with Gasteiger partial charge in [-0.2, -0.15) is 5.10 Å². The molecule has 0 aliphatic rings. The number of hydrogen-bond donors (Lipinski definition) is 3. The second-order valence-electron chi connectivity index (χ2n) is 4.49. The van der Waals surface area contributed by atoms with Gasteiger partial charge in [0.15, 0.2) is 0 Å². The molecule has 0 radical (unpaired) electrons. The molecule has 0 unspecified atom stereocenters. The van der Waals surface area contributed by atoms with Crippen molar-refractivity contribution in [1.29, 1.82) is 0 Å². The van der Waals surface area contributed by atoms with Crippen LogP contribution in [0, 0.1) is 13.8 Å². The monoisotopic (exact) mass is 259 g/mol. The summed E-state index contributed by atoms with van der Waals surface area (Å²) in [5.41, 5.74) is 4.25. The lowest BCUT2D eigenvalue weighted by molar-refractivity contribution is -0.115. The summed E-state index contributed by atoms with van der Waals surface area (Å²) in [5, 5.41) is 18.7. The first-order valence-electron chi connectivity index (χ1n) is 6.10. The smallest absolute Gasteiger partial charge is 0.228 e. The van der Waals surface area contributed by atoms with Crippen LogP contribution >= 0.6 is 0 Å². The summed E-state index contributed by atoms with van der Waals surface area (Å²) < 4.78 is 0. The molecule has 1 aromatic carbocycles. The summed E-state index contributed by atoms with van der Waals surface area (Å²) in [6.07, 6.45) is 0.302. The summed E-state index contributed by atoms with van der Waals surface area (Å²) >= 11 is 0. The molecule has 3 N–H and O–H groups in total. The number of benzene rings is 1. The molecular formula is C14H17N3O2. The highest BCUT2D eigenvalue weighted by Gasteiger charge is 2.11. The second-order valence-corrected chi connectivity index (χ2v) is 4.49. The van der Waals surface area contributed by atoms with E-state index in [0.717, 1.165) is 28.2 Å². The van der Waals surface area contributed by atoms with E-state index in [0.29, 0.717) is 6.42 Å². The molecule has 0 spiro atoms. The number of amides is 1. The third-order valence-corrected chi connectivity index (χ3v) is 3.04. The molecule has 0 saturated carbocycles. The number of aromatic amines is 1. The quantitative estimate of drug-likeness (QED) is 0.782. The van der Waals surface area contributed by atoms with Crippen molar-refractivity contribution in [2.45, 2.75) is 26.9 Å². The summed E-state index contributed by atoms with van der Waals surface area (Å²) in [4.78, 5) is 11.9. The molecule has 19 heavy (non-hydrogen) atoms. The van der Waals surface area contributed by atoms with Gasteiger partial charge in [0.1, 0.15) is 0 Å². The van der Waals surface area contributed by atoms with E-state index >= 15 is 0 Å². The molecule has 1 aromatic heterocycles. The topological polar surface area (TPSA) is 78.0 Å². The van der Waals surface area contributed by atoms with Gasteiger partial charge in [0.25, 0.3) is 0 Å². The van der Waals surface area contributed by atoms with E-state index in [-0.39, 0.29) is 12.5 Å². The van der Waals surface area contributed by atoms with Gasteiger partial charge in [-0.1, -0.05) is 12.1 Å². The molecule has 1 amide bonds. The normalized spacial score (nSPS) is 10.5. The Morgan fingerprint density at radius 1 is 1.32 bits per heavy atom. The van der Waals surface area contributed by atoms with Crippen LogP contribution in [0.5, 0.6) is 0 Å². The number of rotatable bonds is 4. The van der Waals surface area contributed by atoms with Crippen LogP contribution in [-0.2, 0) is 17.8 Å². The average Bonchev–Trinajstić information content (AvgIpc) is 2.71. The Kier molecular flexibility index (Phi) is 3.97. The Balaban J connectivity index is 2.01. The number of nitrogens with zero attached hydrogens (tertiary/aromatic N) is 1. The van der Waals surface area contributed by atoms with Gasteiger partial charge in [0, 0.05) is 16.9 Å². The fraction of sp³-hybridized carbons (Fsp3) is 0.286. The number of aliphatic hydroxyl groups excluding tert-OH is 1. The lowest BCUT2D eigenvalue weighted by atomic mass is 10.1. The average molecular weight is 259 g/mol. The molecule has 0 bridgehead atoms. The summed E-state index contributed by atoms with van der Waals surface area (Å²) in [5.74, 6) is -0.0793. The second kappa shape index (κ2) is 5.67. The number of aliphatic hydroxyl groups is 1. The maximum Gasteiger partial charge on any atom is 0.228 e. The molecule has 0 saturated heterocycles. The third kappa shape index (κ3) is 3.20. The van der Waals surface area contributed by atoms with E-state index < -0.39 is 0 Å². The van der Waals surface area contributed by atoms with Gasteiger partial charge in [-0.3, -0.25) is 9.89 Å². The fourth-order valence-electron chi connectivity index (χ4n) is 1.89. The number of aryl methyl sites for hydroxylation is 2. The van der Waals surface area contributed by atoms with Crippen LogP contribution in [0.3, 0.4) is 0 Å². The molecule has 0 aliphatic heterocycles. The minimum absolute atomic E-state index is 0.00162. The van der Waals surface area contributed by atoms with Crippen LogP contribution in [0.4, 0.5) is 5.69 Å². The highest BCUT2D eigenvalue weighted by Crippen LogP contribution is 2.13. The van der Waals surface area contributed by atoms with Gasteiger partial charge in [0.2, 0.25) is 5.91 Å². The minimum atomic E-state index is -0.0793. The number of anilines is 1. The zero-order chi connectivity index (χ0) is 13.8. The number of H-pyrrole nitrogens is 1. The minimum Gasteiger partial charge on any atom is -0.392 e. The maximum atomic E-state index is 11.9. The standard InChI is InChI=1S/C14H17N3O2/c1-9-13(10(2)17-16-9)7-14(19)15-12-5-3-11(8-18)4-6-12/h3-6,18H,7-8H2,1-2H3,(H,15,19)(H,16,17). The summed E-state index contributed by atoms with van der Waals surface area (Å²) in [7, 11) is 0. The molecular weight excluding hydrogens is 242 g/mol. The molecule has 0 fully saturated rings. The lowest BCUT2D eigenvalue weighted by Crippen LogP contribution is -2.15. The number of nitrogens with one attached hydrogen (secondary N) is 2. The molecule has 2 rings (SSSR count). The van der Waals surface area contributed by atoms with Crippen molar-refractivity contribution < 1.29 is 9.90 Å². The van der Waals surface area contributed by atoms with E-state index in [2.05, 4.69) is 15.5 Å². The first kappa shape index (κ1) is 13.3. The van der Waals surface area contributed by atoms with Crippen molar-refractivity contribution in [2.75, 3.05) is 5.32 Å². The van der Waals surface area contributed by atoms with Crippen molar-refractivity contribution in [3.05, 3.63) is 46.8 Å². The molecule has 5 heteroatoms. The number of carbonyl (C=O) groups excluding carboxylic acids is 1. The highest BCUT2D eigenvalue weighted by atomic mass is 16.3. The van der Waals surface area contributed by atoms with E-state index in [1.54, 1.807) is 24.3 Å². The predicted octanol–water partition coefficient (Wildman–Crippen LogP) is 1.70. The molecule has 0 aliphatic carbocycles. The SMILES string of the molecule is Cc1n[nH]c(C)c1CC(=O)Nc1ccc(CO)cc1. The Labute approximate surface area is 111 Å². The van der Waals surface area contributed by atoms with Crippen molar-refractivity contribution >= 4 is 11.6 Å². The Morgan fingerprint density at radius 2 is 2.00 bits per heavy atom. The van der Waals surface area contributed by atoms with Gasteiger partial charge in [-0.15, -0.1) is 0 Å². The molecule has 0 atom stereocenters. The predicted molar refractivity (Wildman–Crippen MR) is 72.8 cm³/mol. The first-order chi connectivity index (χ1) is 9.10. The van der Waals surface area contributed by atoms with Gasteiger partial charge in [-0.05, 0) is 31.5 Å². The third-order valence-electron chi connectivity index (χ3n) is 3.04. The van der Waals surface area contributed by atoms with E-state index in [1.165, 1.54) is 0 Å². The summed E-state index contributed by atoms with van der Waals surface area (Å²) in [6, 6.07) is 7.12. The maximum absolute atomic E-state index is 11.9. The van der Waals surface area contributed by atoms with Crippen molar-refractivity contribution in [1.82, 2.24) is 10.2 Å². The Bertz CT molecular complexity index is 553. The van der Waals surface area contributed by atoms with E-state index in [9.17, 15) is 4.79 Å². The zero-order valence-electron chi connectivity index (χ0n) is 11.0. The van der Waals surface area contributed by atoms with E-state index in [4.69, 9.17) is 5.11 Å².